The van der Waals surface area contributed by atoms with Crippen LogP contribution in [0, 0.1) is 5.95 Å². The van der Waals surface area contributed by atoms with Crippen molar-refractivity contribution in [2.75, 3.05) is 33.5 Å². The minimum absolute atomic E-state index is 0.00172. The predicted octanol–water partition coefficient (Wildman–Crippen LogP) is 3.45. The summed E-state index contributed by atoms with van der Waals surface area (Å²) in [5, 5.41) is 2.82. The molecule has 4 rings (SSSR count). The number of hydrogen-bond acceptors (Lipinski definition) is 6. The van der Waals surface area contributed by atoms with Crippen LogP contribution in [0.15, 0.2) is 36.4 Å². The van der Waals surface area contributed by atoms with Gasteiger partial charge in [-0.05, 0) is 63.3 Å². The van der Waals surface area contributed by atoms with E-state index < -0.39 is 5.95 Å². The maximum Gasteiger partial charge on any atom is 0.251 e. The molecule has 0 spiro atoms. The van der Waals surface area contributed by atoms with Gasteiger partial charge in [0.1, 0.15) is 17.1 Å². The number of ether oxygens (including phenoxy) is 1. The Hall–Kier alpha value is -3.52. The normalized spacial score (nSPS) is 14.1. The molecule has 2 aromatic carbocycles. The summed E-state index contributed by atoms with van der Waals surface area (Å²) in [6.45, 7) is 2.62. The molecular weight excluding hydrogens is 409 g/mol. The summed E-state index contributed by atoms with van der Waals surface area (Å²) < 4.78 is 20.4. The van der Waals surface area contributed by atoms with E-state index in [9.17, 15) is 9.18 Å². The monoisotopic (exact) mass is 435 g/mol. The lowest BCUT2D eigenvalue weighted by atomic mass is 9.96. The van der Waals surface area contributed by atoms with Crippen LogP contribution in [-0.2, 0) is 6.42 Å². The molecule has 7 nitrogen and oxygen atoms in total. The molecule has 8 heteroatoms. The first kappa shape index (κ1) is 21.7. The molecule has 0 fully saturated rings. The van der Waals surface area contributed by atoms with E-state index in [-0.39, 0.29) is 23.5 Å². The molecule has 1 aliphatic rings. The average Bonchev–Trinajstić information content (AvgIpc) is 2.78. The lowest BCUT2D eigenvalue weighted by molar-refractivity contribution is 0.0946. The Morgan fingerprint density at radius 3 is 2.56 bits per heavy atom. The predicted molar refractivity (Wildman–Crippen MR) is 122 cm³/mol. The van der Waals surface area contributed by atoms with Gasteiger partial charge in [0.25, 0.3) is 5.91 Å². The molecule has 2 heterocycles. The third-order valence-corrected chi connectivity index (χ3v) is 5.91. The van der Waals surface area contributed by atoms with Crippen molar-refractivity contribution >= 4 is 11.7 Å². The van der Waals surface area contributed by atoms with E-state index in [1.165, 1.54) is 0 Å². The number of aromatic nitrogens is 2. The smallest absolute Gasteiger partial charge is 0.251 e. The summed E-state index contributed by atoms with van der Waals surface area (Å²) >= 11 is 0. The maximum atomic E-state index is 14.9. The van der Waals surface area contributed by atoms with Crippen LogP contribution >= 0.6 is 0 Å². The minimum atomic E-state index is -0.739. The van der Waals surface area contributed by atoms with Crippen LogP contribution in [0.2, 0.25) is 0 Å². The zero-order valence-corrected chi connectivity index (χ0v) is 18.6. The SMILES string of the molecule is COc1ccc(-c2nc(-c3ccc4c(c3)CCNC4=O)c(N)nc2F)cc1C(C)N(C)C. The fraction of sp³-hybridized carbons (Fsp3) is 0.292. The van der Waals surface area contributed by atoms with E-state index >= 15 is 0 Å². The largest absolute Gasteiger partial charge is 0.496 e. The number of nitrogen functional groups attached to an aromatic ring is 1. The molecule has 1 amide bonds. The van der Waals surface area contributed by atoms with E-state index in [1.54, 1.807) is 31.4 Å². The number of hydrogen-bond donors (Lipinski definition) is 2. The van der Waals surface area contributed by atoms with Crippen molar-refractivity contribution in [2.45, 2.75) is 19.4 Å². The van der Waals surface area contributed by atoms with Crippen molar-refractivity contribution in [1.29, 1.82) is 0 Å². The molecule has 0 radical (unpaired) electrons. The molecule has 3 aromatic rings. The molecular formula is C24H26FN5O2. The number of benzene rings is 2. The molecule has 1 atom stereocenters. The minimum Gasteiger partial charge on any atom is -0.496 e. The highest BCUT2D eigenvalue weighted by molar-refractivity contribution is 5.97. The molecule has 0 saturated carbocycles. The third-order valence-electron chi connectivity index (χ3n) is 5.91. The van der Waals surface area contributed by atoms with Gasteiger partial charge >= 0.3 is 0 Å². The van der Waals surface area contributed by atoms with Crippen LogP contribution in [0.1, 0.15) is 34.5 Å². The Morgan fingerprint density at radius 2 is 1.84 bits per heavy atom. The van der Waals surface area contributed by atoms with Gasteiger partial charge in [-0.2, -0.15) is 9.37 Å². The maximum absolute atomic E-state index is 14.9. The lowest BCUT2D eigenvalue weighted by Crippen LogP contribution is -2.31. The first-order valence-electron chi connectivity index (χ1n) is 10.4. The van der Waals surface area contributed by atoms with E-state index in [0.717, 1.165) is 11.1 Å². The number of nitrogens with one attached hydrogen (secondary N) is 1. The number of rotatable bonds is 5. The Bertz CT molecular complexity index is 1200. The van der Waals surface area contributed by atoms with E-state index in [0.29, 0.717) is 41.1 Å². The Balaban J connectivity index is 1.82. The van der Waals surface area contributed by atoms with Gasteiger partial charge in [0, 0.05) is 34.8 Å². The number of carbonyl (C=O) groups is 1. The molecule has 0 saturated heterocycles. The molecule has 3 N–H and O–H groups in total. The first-order valence-corrected chi connectivity index (χ1v) is 10.4. The number of nitrogens with zero attached hydrogens (tertiary/aromatic N) is 3. The summed E-state index contributed by atoms with van der Waals surface area (Å²) in [6, 6.07) is 10.9. The van der Waals surface area contributed by atoms with E-state index in [1.807, 2.05) is 38.1 Å². The quantitative estimate of drug-likeness (QED) is 0.638. The Labute approximate surface area is 186 Å². The van der Waals surface area contributed by atoms with Gasteiger partial charge in [0.2, 0.25) is 5.95 Å². The summed E-state index contributed by atoms with van der Waals surface area (Å²) in [4.78, 5) is 22.6. The van der Waals surface area contributed by atoms with Gasteiger partial charge in [0.05, 0.1) is 7.11 Å². The zero-order valence-electron chi connectivity index (χ0n) is 18.6. The summed E-state index contributed by atoms with van der Waals surface area (Å²) in [6.07, 6.45) is 0.709. The van der Waals surface area contributed by atoms with Crippen molar-refractivity contribution in [3.05, 3.63) is 59.0 Å². The highest BCUT2D eigenvalue weighted by Crippen LogP contribution is 2.34. The van der Waals surface area contributed by atoms with Gasteiger partial charge in [-0.3, -0.25) is 4.79 Å². The van der Waals surface area contributed by atoms with E-state index in [2.05, 4.69) is 15.3 Å². The fourth-order valence-corrected chi connectivity index (χ4v) is 3.88. The first-order chi connectivity index (χ1) is 15.3. The summed E-state index contributed by atoms with van der Waals surface area (Å²) in [5.41, 5.74) is 10.3. The van der Waals surface area contributed by atoms with Crippen LogP contribution in [0.4, 0.5) is 10.2 Å². The Morgan fingerprint density at radius 1 is 1.12 bits per heavy atom. The fourth-order valence-electron chi connectivity index (χ4n) is 3.88. The van der Waals surface area contributed by atoms with E-state index in [4.69, 9.17) is 10.5 Å². The van der Waals surface area contributed by atoms with Gasteiger partial charge in [0.15, 0.2) is 5.82 Å². The van der Waals surface area contributed by atoms with Gasteiger partial charge in [-0.15, -0.1) is 0 Å². The van der Waals surface area contributed by atoms with Crippen molar-refractivity contribution in [3.63, 3.8) is 0 Å². The molecule has 1 aromatic heterocycles. The average molecular weight is 436 g/mol. The topological polar surface area (TPSA) is 93.4 Å². The number of amides is 1. The van der Waals surface area contributed by atoms with Crippen molar-refractivity contribution in [3.8, 4) is 28.3 Å². The lowest BCUT2D eigenvalue weighted by Gasteiger charge is -2.23. The number of carbonyl (C=O) groups excluding carboxylic acids is 1. The molecule has 1 unspecified atom stereocenters. The van der Waals surface area contributed by atoms with Crippen LogP contribution in [0.5, 0.6) is 5.75 Å². The highest BCUT2D eigenvalue weighted by Gasteiger charge is 2.21. The van der Waals surface area contributed by atoms with Crippen LogP contribution in [0.3, 0.4) is 0 Å². The second-order valence-corrected chi connectivity index (χ2v) is 8.07. The Kier molecular flexibility index (Phi) is 5.80. The summed E-state index contributed by atoms with van der Waals surface area (Å²) in [7, 11) is 5.54. The molecule has 166 valence electrons. The second kappa shape index (κ2) is 8.55. The van der Waals surface area contributed by atoms with Gasteiger partial charge in [-0.1, -0.05) is 6.07 Å². The van der Waals surface area contributed by atoms with Gasteiger partial charge in [-0.25, -0.2) is 4.98 Å². The third kappa shape index (κ3) is 3.89. The van der Waals surface area contributed by atoms with Crippen molar-refractivity contribution in [1.82, 2.24) is 20.2 Å². The highest BCUT2D eigenvalue weighted by atomic mass is 19.1. The molecule has 32 heavy (non-hydrogen) atoms. The van der Waals surface area contributed by atoms with Crippen molar-refractivity contribution < 1.29 is 13.9 Å². The van der Waals surface area contributed by atoms with Crippen LogP contribution < -0.4 is 15.8 Å². The van der Waals surface area contributed by atoms with Crippen LogP contribution in [-0.4, -0.2) is 48.5 Å². The second-order valence-electron chi connectivity index (χ2n) is 8.07. The molecule has 0 aliphatic carbocycles. The number of halogens is 1. The number of anilines is 1. The number of methoxy groups -OCH3 is 1. The number of nitrogens with two attached hydrogens (primary N) is 1. The van der Waals surface area contributed by atoms with Crippen molar-refractivity contribution in [2.24, 2.45) is 0 Å². The zero-order chi connectivity index (χ0) is 23.0. The van der Waals surface area contributed by atoms with Crippen LogP contribution in [0.25, 0.3) is 22.5 Å². The summed E-state index contributed by atoms with van der Waals surface area (Å²) in [5.74, 6) is -0.122. The van der Waals surface area contributed by atoms with Gasteiger partial charge < -0.3 is 20.7 Å². The number of fused-ring (bicyclic) bond motifs is 1. The molecule has 1 aliphatic heterocycles. The standard InChI is InChI=1S/C24H26FN5O2/c1-13(30(2)3)18-12-16(6-8-19(18)32-4)20-22(25)29-23(26)21(28-20)15-5-7-17-14(11-15)9-10-27-24(17)31/h5-8,11-13H,9-10H2,1-4H3,(H2,26,29)(H,27,31). The molecule has 0 bridgehead atoms.